The van der Waals surface area contributed by atoms with Gasteiger partial charge >= 0.3 is 0 Å². The minimum atomic E-state index is -0.0385. The molecule has 0 saturated heterocycles. The number of hydrogen-bond donors (Lipinski definition) is 2. The van der Waals surface area contributed by atoms with Gasteiger partial charge in [0.1, 0.15) is 5.82 Å². The molecule has 1 aromatic heterocycles. The molecule has 0 unspecified atom stereocenters. The maximum Gasteiger partial charge on any atom is 0.251 e. The quantitative estimate of drug-likeness (QED) is 0.771. The lowest BCUT2D eigenvalue weighted by Crippen LogP contribution is -2.36. The summed E-state index contributed by atoms with van der Waals surface area (Å²) in [4.78, 5) is 18.9. The number of carbonyl (C=O) groups excluding carboxylic acids is 1. The van der Waals surface area contributed by atoms with Gasteiger partial charge in [0.05, 0.1) is 0 Å². The zero-order valence-corrected chi connectivity index (χ0v) is 13.9. The highest BCUT2D eigenvalue weighted by Gasteiger charge is 2.10. The van der Waals surface area contributed by atoms with Gasteiger partial charge < -0.3 is 15.5 Å². The van der Waals surface area contributed by atoms with Crippen molar-refractivity contribution in [3.63, 3.8) is 0 Å². The van der Waals surface area contributed by atoms with Crippen LogP contribution >= 0.6 is 0 Å². The van der Waals surface area contributed by atoms with Crippen LogP contribution in [0.5, 0.6) is 0 Å². The third-order valence-corrected chi connectivity index (χ3v) is 3.49. The zero-order valence-electron chi connectivity index (χ0n) is 13.9. The van der Waals surface area contributed by atoms with Gasteiger partial charge in [-0.2, -0.15) is 0 Å². The lowest BCUT2D eigenvalue weighted by molar-refractivity contribution is 0.0948. The summed E-state index contributed by atoms with van der Waals surface area (Å²) in [6.07, 6.45) is 0.815. The molecule has 1 amide bonds. The average molecular weight is 292 g/mol. The van der Waals surface area contributed by atoms with Crippen LogP contribution in [0.25, 0.3) is 0 Å². The summed E-state index contributed by atoms with van der Waals surface area (Å²) in [5.74, 6) is 0.727. The maximum absolute atomic E-state index is 12.2. The highest BCUT2D eigenvalue weighted by atomic mass is 16.1. The van der Waals surface area contributed by atoms with E-state index in [4.69, 9.17) is 0 Å². The van der Waals surface area contributed by atoms with E-state index in [1.807, 2.05) is 26.0 Å². The molecule has 5 nitrogen and oxygen atoms in total. The van der Waals surface area contributed by atoms with Crippen LogP contribution < -0.4 is 10.6 Å². The van der Waals surface area contributed by atoms with E-state index in [1.54, 1.807) is 0 Å². The molecule has 118 valence electrons. The lowest BCUT2D eigenvalue weighted by Gasteiger charge is -2.20. The predicted molar refractivity (Wildman–Crippen MR) is 87.9 cm³/mol. The first-order chi connectivity index (χ1) is 9.97. The third kappa shape index (κ3) is 5.71. The van der Waals surface area contributed by atoms with Gasteiger partial charge in [0.25, 0.3) is 5.91 Å². The number of rotatable bonds is 8. The molecule has 21 heavy (non-hydrogen) atoms. The van der Waals surface area contributed by atoms with E-state index >= 15 is 0 Å². The van der Waals surface area contributed by atoms with Crippen molar-refractivity contribution in [2.45, 2.75) is 40.2 Å². The molecule has 0 aliphatic rings. The topological polar surface area (TPSA) is 57.3 Å². The maximum atomic E-state index is 12.2. The fourth-order valence-corrected chi connectivity index (χ4v) is 1.88. The van der Waals surface area contributed by atoms with Crippen LogP contribution in [0.1, 0.15) is 43.7 Å². The van der Waals surface area contributed by atoms with Gasteiger partial charge in [-0.15, -0.1) is 0 Å². The van der Waals surface area contributed by atoms with E-state index in [0.29, 0.717) is 18.2 Å². The van der Waals surface area contributed by atoms with Crippen LogP contribution in [-0.4, -0.2) is 48.5 Å². The minimum absolute atomic E-state index is 0.0385. The lowest BCUT2D eigenvalue weighted by atomic mass is 10.2. The van der Waals surface area contributed by atoms with E-state index in [1.165, 1.54) is 0 Å². The second-order valence-electron chi connectivity index (χ2n) is 5.45. The molecule has 1 aromatic rings. The van der Waals surface area contributed by atoms with E-state index in [0.717, 1.165) is 31.0 Å². The third-order valence-electron chi connectivity index (χ3n) is 3.49. The molecule has 0 aromatic carbocycles. The number of hydrogen-bond acceptors (Lipinski definition) is 4. The number of aromatic nitrogens is 1. The van der Waals surface area contributed by atoms with Crippen molar-refractivity contribution in [3.05, 3.63) is 23.4 Å². The Kier molecular flexibility index (Phi) is 7.15. The SMILES string of the molecule is CCNc1cc(C(=O)NCCN(C)C(C)C)cc(CC)n1. The van der Waals surface area contributed by atoms with Crippen molar-refractivity contribution >= 4 is 11.7 Å². The molecule has 0 aliphatic carbocycles. The Morgan fingerprint density at radius 1 is 1.33 bits per heavy atom. The zero-order chi connectivity index (χ0) is 15.8. The van der Waals surface area contributed by atoms with Gasteiger partial charge in [-0.05, 0) is 46.4 Å². The van der Waals surface area contributed by atoms with Gasteiger partial charge in [-0.1, -0.05) is 6.92 Å². The van der Waals surface area contributed by atoms with E-state index in [2.05, 4.69) is 41.4 Å². The van der Waals surface area contributed by atoms with Gasteiger partial charge in [-0.3, -0.25) is 4.79 Å². The number of likely N-dealkylation sites (N-methyl/N-ethyl adjacent to an activating group) is 1. The van der Waals surface area contributed by atoms with Crippen LogP contribution in [0.4, 0.5) is 5.82 Å². The molecule has 5 heteroatoms. The van der Waals surface area contributed by atoms with Gasteiger partial charge in [0.15, 0.2) is 0 Å². The number of nitrogens with one attached hydrogen (secondary N) is 2. The van der Waals surface area contributed by atoms with Crippen molar-refractivity contribution in [3.8, 4) is 0 Å². The monoisotopic (exact) mass is 292 g/mol. The van der Waals surface area contributed by atoms with Crippen LogP contribution in [0.2, 0.25) is 0 Å². The Labute approximate surface area is 128 Å². The first-order valence-corrected chi connectivity index (χ1v) is 7.71. The normalized spacial score (nSPS) is 11.0. The number of aryl methyl sites for hydroxylation is 1. The number of pyridine rings is 1. The Bertz CT molecular complexity index is 460. The van der Waals surface area contributed by atoms with Crippen molar-refractivity contribution in [1.29, 1.82) is 0 Å². The summed E-state index contributed by atoms with van der Waals surface area (Å²) in [5, 5.41) is 6.14. The molecular weight excluding hydrogens is 264 g/mol. The summed E-state index contributed by atoms with van der Waals surface area (Å²) < 4.78 is 0. The van der Waals surface area contributed by atoms with Gasteiger partial charge in [0, 0.05) is 36.9 Å². The number of anilines is 1. The summed E-state index contributed by atoms with van der Waals surface area (Å²) in [6, 6.07) is 4.15. The van der Waals surface area contributed by atoms with Crippen molar-refractivity contribution in [2.24, 2.45) is 0 Å². The smallest absolute Gasteiger partial charge is 0.251 e. The van der Waals surface area contributed by atoms with Crippen LogP contribution in [0.3, 0.4) is 0 Å². The van der Waals surface area contributed by atoms with Crippen LogP contribution in [-0.2, 0) is 6.42 Å². The molecule has 1 heterocycles. The van der Waals surface area contributed by atoms with E-state index in [-0.39, 0.29) is 5.91 Å². The summed E-state index contributed by atoms with van der Waals surface area (Å²) >= 11 is 0. The van der Waals surface area contributed by atoms with Crippen LogP contribution in [0, 0.1) is 0 Å². The Morgan fingerprint density at radius 3 is 2.62 bits per heavy atom. The number of amides is 1. The second kappa shape index (κ2) is 8.62. The molecule has 0 fully saturated rings. The predicted octanol–water partition coefficient (Wildman–Crippen LogP) is 2.15. The molecule has 2 N–H and O–H groups in total. The van der Waals surface area contributed by atoms with Crippen LogP contribution in [0.15, 0.2) is 12.1 Å². The minimum Gasteiger partial charge on any atom is -0.370 e. The number of nitrogens with zero attached hydrogens (tertiary/aromatic N) is 2. The average Bonchev–Trinajstić information content (AvgIpc) is 2.46. The summed E-state index contributed by atoms with van der Waals surface area (Å²) in [7, 11) is 2.06. The Hall–Kier alpha value is -1.62. The molecule has 0 spiro atoms. The molecule has 0 aliphatic heterocycles. The van der Waals surface area contributed by atoms with Gasteiger partial charge in [0.2, 0.25) is 0 Å². The highest BCUT2D eigenvalue weighted by molar-refractivity contribution is 5.95. The van der Waals surface area contributed by atoms with E-state index < -0.39 is 0 Å². The van der Waals surface area contributed by atoms with Crippen molar-refractivity contribution in [1.82, 2.24) is 15.2 Å². The molecule has 0 bridgehead atoms. The Morgan fingerprint density at radius 2 is 2.05 bits per heavy atom. The summed E-state index contributed by atoms with van der Waals surface area (Å²) in [6.45, 7) is 10.6. The summed E-state index contributed by atoms with van der Waals surface area (Å²) in [5.41, 5.74) is 1.60. The fourth-order valence-electron chi connectivity index (χ4n) is 1.88. The molecule has 1 rings (SSSR count). The molecule has 0 radical (unpaired) electrons. The Balaban J connectivity index is 2.66. The molecular formula is C16H28N4O. The second-order valence-corrected chi connectivity index (χ2v) is 5.45. The van der Waals surface area contributed by atoms with Crippen molar-refractivity contribution in [2.75, 3.05) is 32.0 Å². The standard InChI is InChI=1S/C16H28N4O/c1-6-14-10-13(11-15(19-14)17-7-2)16(21)18-8-9-20(5)12(3)4/h10-12H,6-9H2,1-5H3,(H,17,19)(H,18,21). The first-order valence-electron chi connectivity index (χ1n) is 7.71. The van der Waals surface area contributed by atoms with Gasteiger partial charge in [-0.25, -0.2) is 4.98 Å². The highest BCUT2D eigenvalue weighted by Crippen LogP contribution is 2.11. The largest absolute Gasteiger partial charge is 0.370 e. The number of carbonyl (C=O) groups is 1. The fraction of sp³-hybridized carbons (Fsp3) is 0.625. The van der Waals surface area contributed by atoms with E-state index in [9.17, 15) is 4.79 Å². The van der Waals surface area contributed by atoms with Crippen molar-refractivity contribution < 1.29 is 4.79 Å². The molecule has 0 saturated carbocycles. The molecule has 0 atom stereocenters. The first kappa shape index (κ1) is 17.4.